The SMILES string of the molecule is CCCC[C@H](NC(=O)N(CC1CC1)CC1CC1)C(=O)O. The first-order valence-corrected chi connectivity index (χ1v) is 7.88. The van der Waals surface area contributed by atoms with Gasteiger partial charge in [-0.15, -0.1) is 0 Å². The molecule has 1 atom stereocenters. The molecular weight excluding hydrogens is 256 g/mol. The van der Waals surface area contributed by atoms with E-state index in [2.05, 4.69) is 5.32 Å². The summed E-state index contributed by atoms with van der Waals surface area (Å²) in [5.41, 5.74) is 0. The molecule has 2 saturated carbocycles. The van der Waals surface area contributed by atoms with E-state index in [1.165, 1.54) is 25.7 Å². The van der Waals surface area contributed by atoms with Gasteiger partial charge in [-0.05, 0) is 43.9 Å². The number of carbonyl (C=O) groups is 2. The summed E-state index contributed by atoms with van der Waals surface area (Å²) < 4.78 is 0. The minimum atomic E-state index is -0.926. The van der Waals surface area contributed by atoms with Gasteiger partial charge in [-0.25, -0.2) is 9.59 Å². The predicted molar refractivity (Wildman–Crippen MR) is 76.5 cm³/mol. The number of nitrogens with one attached hydrogen (secondary N) is 1. The quantitative estimate of drug-likeness (QED) is 0.682. The maximum atomic E-state index is 12.3. The van der Waals surface area contributed by atoms with Gasteiger partial charge in [-0.2, -0.15) is 0 Å². The fraction of sp³-hybridized carbons (Fsp3) is 0.867. The summed E-state index contributed by atoms with van der Waals surface area (Å²) in [6, 6.07) is -0.935. The molecule has 2 aliphatic rings. The third kappa shape index (κ3) is 5.02. The van der Waals surface area contributed by atoms with Gasteiger partial charge in [-0.3, -0.25) is 0 Å². The van der Waals surface area contributed by atoms with Crippen molar-refractivity contribution in [3.8, 4) is 0 Å². The first kappa shape index (κ1) is 15.1. The van der Waals surface area contributed by atoms with Crippen LogP contribution in [0.15, 0.2) is 0 Å². The second-order valence-corrected chi connectivity index (χ2v) is 6.27. The van der Waals surface area contributed by atoms with Crippen LogP contribution in [0.4, 0.5) is 4.79 Å². The van der Waals surface area contributed by atoms with Gasteiger partial charge in [0, 0.05) is 13.1 Å². The Balaban J connectivity index is 1.85. The molecule has 2 amide bonds. The topological polar surface area (TPSA) is 69.6 Å². The molecule has 2 rings (SSSR count). The van der Waals surface area contributed by atoms with E-state index in [0.717, 1.165) is 25.9 Å². The van der Waals surface area contributed by atoms with Crippen molar-refractivity contribution in [2.75, 3.05) is 13.1 Å². The minimum absolute atomic E-state index is 0.188. The minimum Gasteiger partial charge on any atom is -0.480 e. The molecule has 5 nitrogen and oxygen atoms in total. The van der Waals surface area contributed by atoms with Gasteiger partial charge in [0.05, 0.1) is 0 Å². The van der Waals surface area contributed by atoms with Crippen molar-refractivity contribution in [1.29, 1.82) is 0 Å². The van der Waals surface area contributed by atoms with Crippen molar-refractivity contribution in [1.82, 2.24) is 10.2 Å². The number of urea groups is 1. The number of carbonyl (C=O) groups excluding carboxylic acids is 1. The van der Waals surface area contributed by atoms with Gasteiger partial charge in [0.25, 0.3) is 0 Å². The van der Waals surface area contributed by atoms with Gasteiger partial charge < -0.3 is 15.3 Å². The van der Waals surface area contributed by atoms with Crippen molar-refractivity contribution in [2.24, 2.45) is 11.8 Å². The summed E-state index contributed by atoms with van der Waals surface area (Å²) in [7, 11) is 0. The highest BCUT2D eigenvalue weighted by molar-refractivity contribution is 5.82. The van der Waals surface area contributed by atoms with E-state index in [4.69, 9.17) is 0 Å². The molecule has 0 heterocycles. The van der Waals surface area contributed by atoms with Crippen molar-refractivity contribution in [2.45, 2.75) is 57.9 Å². The third-order valence-electron chi connectivity index (χ3n) is 4.08. The normalized spacial score (nSPS) is 19.4. The molecule has 0 unspecified atom stereocenters. The lowest BCUT2D eigenvalue weighted by Gasteiger charge is -2.25. The number of hydrogen-bond acceptors (Lipinski definition) is 2. The Hall–Kier alpha value is -1.26. The monoisotopic (exact) mass is 282 g/mol. The van der Waals surface area contributed by atoms with E-state index < -0.39 is 12.0 Å². The average molecular weight is 282 g/mol. The molecule has 114 valence electrons. The van der Waals surface area contributed by atoms with E-state index in [0.29, 0.717) is 18.3 Å². The number of aliphatic carboxylic acids is 1. The predicted octanol–water partition coefficient (Wildman–Crippen LogP) is 2.46. The number of carboxylic acid groups (broad SMARTS) is 1. The molecule has 0 aromatic carbocycles. The number of hydrogen-bond donors (Lipinski definition) is 2. The molecule has 0 spiro atoms. The van der Waals surface area contributed by atoms with Gasteiger partial charge in [0.1, 0.15) is 6.04 Å². The van der Waals surface area contributed by atoms with Crippen molar-refractivity contribution in [3.05, 3.63) is 0 Å². The lowest BCUT2D eigenvalue weighted by molar-refractivity contribution is -0.139. The Morgan fingerprint density at radius 3 is 2.15 bits per heavy atom. The van der Waals surface area contributed by atoms with Crippen molar-refractivity contribution in [3.63, 3.8) is 0 Å². The Bertz CT molecular complexity index is 337. The molecule has 0 saturated heterocycles. The molecule has 0 bridgehead atoms. The maximum Gasteiger partial charge on any atom is 0.326 e. The molecule has 0 aromatic rings. The average Bonchev–Trinajstić information content (AvgIpc) is 3.27. The van der Waals surface area contributed by atoms with Crippen LogP contribution >= 0.6 is 0 Å². The van der Waals surface area contributed by atoms with Gasteiger partial charge in [-0.1, -0.05) is 19.8 Å². The van der Waals surface area contributed by atoms with E-state index >= 15 is 0 Å². The molecular formula is C15H26N2O3. The van der Waals surface area contributed by atoms with Gasteiger partial charge in [0.2, 0.25) is 0 Å². The number of unbranched alkanes of at least 4 members (excludes halogenated alkanes) is 1. The Labute approximate surface area is 120 Å². The van der Waals surface area contributed by atoms with Crippen LogP contribution in [0.3, 0.4) is 0 Å². The summed E-state index contributed by atoms with van der Waals surface area (Å²) in [6.45, 7) is 3.61. The molecule has 2 N–H and O–H groups in total. The third-order valence-corrected chi connectivity index (χ3v) is 4.08. The van der Waals surface area contributed by atoms with E-state index in [1.54, 1.807) is 0 Å². The zero-order valence-electron chi connectivity index (χ0n) is 12.3. The molecule has 2 fully saturated rings. The fourth-order valence-electron chi connectivity index (χ4n) is 2.37. The number of carboxylic acids is 1. The second kappa shape index (κ2) is 6.95. The highest BCUT2D eigenvalue weighted by Gasteiger charge is 2.32. The first-order chi connectivity index (χ1) is 9.60. The van der Waals surface area contributed by atoms with E-state index in [9.17, 15) is 14.7 Å². The Morgan fingerprint density at radius 1 is 1.20 bits per heavy atom. The molecule has 0 radical (unpaired) electrons. The van der Waals surface area contributed by atoms with Crippen LogP contribution in [0.1, 0.15) is 51.9 Å². The summed E-state index contributed by atoms with van der Waals surface area (Å²) >= 11 is 0. The van der Waals surface area contributed by atoms with Crippen LogP contribution < -0.4 is 5.32 Å². The second-order valence-electron chi connectivity index (χ2n) is 6.27. The van der Waals surface area contributed by atoms with Gasteiger partial charge in [0.15, 0.2) is 0 Å². The van der Waals surface area contributed by atoms with Crippen LogP contribution in [-0.2, 0) is 4.79 Å². The lowest BCUT2D eigenvalue weighted by atomic mass is 10.1. The smallest absolute Gasteiger partial charge is 0.326 e. The number of rotatable bonds is 9. The molecule has 20 heavy (non-hydrogen) atoms. The largest absolute Gasteiger partial charge is 0.480 e. The molecule has 5 heteroatoms. The van der Waals surface area contributed by atoms with Crippen LogP contribution in [0, 0.1) is 11.8 Å². The summed E-state index contributed by atoms with van der Waals surface area (Å²) in [5.74, 6) is 0.349. The summed E-state index contributed by atoms with van der Waals surface area (Å²) in [5, 5.41) is 11.9. The van der Waals surface area contributed by atoms with E-state index in [1.807, 2.05) is 11.8 Å². The zero-order chi connectivity index (χ0) is 14.5. The first-order valence-electron chi connectivity index (χ1n) is 7.88. The van der Waals surface area contributed by atoms with Crippen LogP contribution in [-0.4, -0.2) is 41.1 Å². The number of nitrogens with zero attached hydrogens (tertiary/aromatic N) is 1. The highest BCUT2D eigenvalue weighted by Crippen LogP contribution is 2.33. The van der Waals surface area contributed by atoms with E-state index in [-0.39, 0.29) is 6.03 Å². The summed E-state index contributed by atoms with van der Waals surface area (Å²) in [4.78, 5) is 25.3. The van der Waals surface area contributed by atoms with Crippen molar-refractivity contribution >= 4 is 12.0 Å². The van der Waals surface area contributed by atoms with Crippen molar-refractivity contribution < 1.29 is 14.7 Å². The zero-order valence-corrected chi connectivity index (χ0v) is 12.3. The fourth-order valence-corrected chi connectivity index (χ4v) is 2.37. The van der Waals surface area contributed by atoms with Gasteiger partial charge >= 0.3 is 12.0 Å². The Morgan fingerprint density at radius 2 is 1.75 bits per heavy atom. The number of amides is 2. The molecule has 0 aromatic heterocycles. The Kier molecular flexibility index (Phi) is 5.26. The van der Waals surface area contributed by atoms with Crippen LogP contribution in [0.5, 0.6) is 0 Å². The molecule has 0 aliphatic heterocycles. The molecule has 2 aliphatic carbocycles. The van der Waals surface area contributed by atoms with Crippen LogP contribution in [0.25, 0.3) is 0 Å². The van der Waals surface area contributed by atoms with Crippen LogP contribution in [0.2, 0.25) is 0 Å². The lowest BCUT2D eigenvalue weighted by Crippen LogP contribution is -2.49. The standard InChI is InChI=1S/C15H26N2O3/c1-2-3-4-13(14(18)19)16-15(20)17(9-11-5-6-11)10-12-7-8-12/h11-13H,2-10H2,1H3,(H,16,20)(H,18,19)/t13-/m0/s1. The highest BCUT2D eigenvalue weighted by atomic mass is 16.4. The summed E-state index contributed by atoms with van der Waals surface area (Å²) in [6.07, 6.45) is 7.08. The maximum absolute atomic E-state index is 12.3.